The number of hydrogen-bond acceptors (Lipinski definition) is 2. The summed E-state index contributed by atoms with van der Waals surface area (Å²) in [4.78, 5) is 0. The van der Waals surface area contributed by atoms with Crippen molar-refractivity contribution >= 4 is 0 Å². The van der Waals surface area contributed by atoms with Crippen LogP contribution in [0.5, 0.6) is 0 Å². The summed E-state index contributed by atoms with van der Waals surface area (Å²) in [6.07, 6.45) is 2.04. The third-order valence-corrected chi connectivity index (χ3v) is 5.69. The Morgan fingerprint density at radius 1 is 0.577 bits per heavy atom. The van der Waals surface area contributed by atoms with Crippen molar-refractivity contribution < 1.29 is 9.47 Å². The van der Waals surface area contributed by atoms with Crippen LogP contribution in [-0.4, -0.2) is 20.0 Å². The summed E-state index contributed by atoms with van der Waals surface area (Å²) in [5.41, 5.74) is 8.29. The summed E-state index contributed by atoms with van der Waals surface area (Å²) in [5, 5.41) is 0. The van der Waals surface area contributed by atoms with Crippen molar-refractivity contribution in [1.29, 1.82) is 0 Å². The standard InChI is InChI=1S/C24H22O2/c1-3-7-18(8-4-1)20-11-12-21(19-9-5-2-6-10-19)23-14-24(13-22(20)23)15-25-17-26-16-24/h1-12H,13-17H2. The molecule has 5 rings (SSSR count). The van der Waals surface area contributed by atoms with Gasteiger partial charge in [0.15, 0.2) is 0 Å². The smallest absolute Gasteiger partial charge is 0.146 e. The molecule has 0 bridgehead atoms. The summed E-state index contributed by atoms with van der Waals surface area (Å²) in [5.74, 6) is 0. The van der Waals surface area contributed by atoms with Gasteiger partial charge in [0.2, 0.25) is 0 Å². The predicted octanol–water partition coefficient (Wildman–Crippen LogP) is 5.11. The van der Waals surface area contributed by atoms with Gasteiger partial charge in [-0.05, 0) is 46.2 Å². The Hall–Kier alpha value is -2.42. The minimum absolute atomic E-state index is 0.0784. The van der Waals surface area contributed by atoms with Gasteiger partial charge in [0.1, 0.15) is 6.79 Å². The van der Waals surface area contributed by atoms with Gasteiger partial charge in [0.25, 0.3) is 0 Å². The summed E-state index contributed by atoms with van der Waals surface area (Å²) >= 11 is 0. The normalized spacial score (nSPS) is 18.0. The number of rotatable bonds is 2. The van der Waals surface area contributed by atoms with Gasteiger partial charge in [-0.15, -0.1) is 0 Å². The summed E-state index contributed by atoms with van der Waals surface area (Å²) < 4.78 is 11.4. The molecule has 0 radical (unpaired) electrons. The van der Waals surface area contributed by atoms with E-state index in [1.807, 2.05) is 0 Å². The minimum Gasteiger partial charge on any atom is -0.355 e. The van der Waals surface area contributed by atoms with Crippen LogP contribution in [0.25, 0.3) is 22.3 Å². The van der Waals surface area contributed by atoms with E-state index in [4.69, 9.17) is 9.47 Å². The molecule has 3 aromatic carbocycles. The Bertz CT molecular complexity index is 839. The Morgan fingerprint density at radius 3 is 1.50 bits per heavy atom. The molecule has 2 heteroatoms. The van der Waals surface area contributed by atoms with E-state index < -0.39 is 0 Å². The van der Waals surface area contributed by atoms with Crippen LogP contribution in [-0.2, 0) is 22.3 Å². The van der Waals surface area contributed by atoms with Crippen LogP contribution < -0.4 is 0 Å². The molecule has 26 heavy (non-hydrogen) atoms. The molecule has 0 unspecified atom stereocenters. The first kappa shape index (κ1) is 15.8. The van der Waals surface area contributed by atoms with Crippen LogP contribution in [0.4, 0.5) is 0 Å². The van der Waals surface area contributed by atoms with Gasteiger partial charge in [-0.25, -0.2) is 0 Å². The van der Waals surface area contributed by atoms with Gasteiger partial charge in [0, 0.05) is 5.41 Å². The average Bonchev–Trinajstić information content (AvgIpc) is 3.07. The molecule has 1 saturated heterocycles. The molecule has 2 nitrogen and oxygen atoms in total. The number of fused-ring (bicyclic) bond motifs is 1. The number of hydrogen-bond donors (Lipinski definition) is 0. The lowest BCUT2D eigenvalue weighted by Crippen LogP contribution is -2.38. The van der Waals surface area contributed by atoms with Crippen molar-refractivity contribution in [1.82, 2.24) is 0 Å². The van der Waals surface area contributed by atoms with E-state index in [0.29, 0.717) is 6.79 Å². The highest BCUT2D eigenvalue weighted by Gasteiger charge is 2.42. The van der Waals surface area contributed by atoms with E-state index in [1.165, 1.54) is 33.4 Å². The van der Waals surface area contributed by atoms with Crippen molar-refractivity contribution in [2.75, 3.05) is 20.0 Å². The Morgan fingerprint density at radius 2 is 1.04 bits per heavy atom. The molecule has 1 aliphatic carbocycles. The average molecular weight is 342 g/mol. The lowest BCUT2D eigenvalue weighted by Gasteiger charge is -2.32. The Kier molecular flexibility index (Phi) is 3.88. The fourth-order valence-electron chi connectivity index (χ4n) is 4.51. The lowest BCUT2D eigenvalue weighted by atomic mass is 9.85. The molecule has 3 aromatic rings. The van der Waals surface area contributed by atoms with Crippen LogP contribution in [0.15, 0.2) is 72.8 Å². The maximum Gasteiger partial charge on any atom is 0.146 e. The second-order valence-corrected chi connectivity index (χ2v) is 7.52. The monoisotopic (exact) mass is 342 g/mol. The number of ether oxygens (including phenoxy) is 2. The first-order valence-electron chi connectivity index (χ1n) is 9.26. The highest BCUT2D eigenvalue weighted by Crippen LogP contribution is 2.46. The molecule has 1 aliphatic heterocycles. The summed E-state index contributed by atoms with van der Waals surface area (Å²) in [6.45, 7) is 1.99. The molecule has 1 spiro atoms. The summed E-state index contributed by atoms with van der Waals surface area (Å²) in [7, 11) is 0. The van der Waals surface area contributed by atoms with E-state index in [-0.39, 0.29) is 5.41 Å². The molecule has 0 N–H and O–H groups in total. The van der Waals surface area contributed by atoms with Crippen LogP contribution in [0.3, 0.4) is 0 Å². The first-order chi connectivity index (χ1) is 12.8. The first-order valence-corrected chi connectivity index (χ1v) is 9.26. The van der Waals surface area contributed by atoms with Crippen LogP contribution >= 0.6 is 0 Å². The van der Waals surface area contributed by atoms with Crippen molar-refractivity contribution in [2.45, 2.75) is 12.8 Å². The van der Waals surface area contributed by atoms with E-state index in [0.717, 1.165) is 26.1 Å². The highest BCUT2D eigenvalue weighted by molar-refractivity contribution is 5.78. The molecule has 130 valence electrons. The van der Waals surface area contributed by atoms with E-state index in [1.54, 1.807) is 0 Å². The maximum atomic E-state index is 5.71. The second kappa shape index (κ2) is 6.39. The molecule has 0 amide bonds. The zero-order chi connectivity index (χ0) is 17.4. The van der Waals surface area contributed by atoms with Gasteiger partial charge < -0.3 is 9.47 Å². The van der Waals surface area contributed by atoms with Gasteiger partial charge in [-0.3, -0.25) is 0 Å². The maximum absolute atomic E-state index is 5.71. The van der Waals surface area contributed by atoms with Crippen molar-refractivity contribution in [3.05, 3.63) is 83.9 Å². The van der Waals surface area contributed by atoms with Gasteiger partial charge >= 0.3 is 0 Å². The van der Waals surface area contributed by atoms with Gasteiger partial charge in [0.05, 0.1) is 13.2 Å². The minimum atomic E-state index is 0.0784. The van der Waals surface area contributed by atoms with Crippen molar-refractivity contribution in [3.63, 3.8) is 0 Å². The van der Waals surface area contributed by atoms with Crippen molar-refractivity contribution in [2.24, 2.45) is 5.41 Å². The third-order valence-electron chi connectivity index (χ3n) is 5.69. The van der Waals surface area contributed by atoms with Crippen LogP contribution in [0.1, 0.15) is 11.1 Å². The molecular weight excluding hydrogens is 320 g/mol. The largest absolute Gasteiger partial charge is 0.355 e. The predicted molar refractivity (Wildman–Crippen MR) is 104 cm³/mol. The van der Waals surface area contributed by atoms with Gasteiger partial charge in [-0.1, -0.05) is 72.8 Å². The van der Waals surface area contributed by atoms with Crippen LogP contribution in [0, 0.1) is 5.41 Å². The summed E-state index contributed by atoms with van der Waals surface area (Å²) in [6, 6.07) is 26.0. The van der Waals surface area contributed by atoms with E-state index >= 15 is 0 Å². The Balaban J connectivity index is 1.67. The molecule has 0 aromatic heterocycles. The molecule has 0 atom stereocenters. The molecular formula is C24H22O2. The fraction of sp³-hybridized carbons (Fsp3) is 0.250. The van der Waals surface area contributed by atoms with E-state index in [2.05, 4.69) is 72.8 Å². The topological polar surface area (TPSA) is 18.5 Å². The second-order valence-electron chi connectivity index (χ2n) is 7.52. The molecule has 2 aliphatic rings. The van der Waals surface area contributed by atoms with Crippen LogP contribution in [0.2, 0.25) is 0 Å². The van der Waals surface area contributed by atoms with Gasteiger partial charge in [-0.2, -0.15) is 0 Å². The third kappa shape index (κ3) is 2.66. The molecule has 1 fully saturated rings. The van der Waals surface area contributed by atoms with E-state index in [9.17, 15) is 0 Å². The molecule has 0 saturated carbocycles. The number of benzene rings is 3. The van der Waals surface area contributed by atoms with Crippen molar-refractivity contribution in [3.8, 4) is 22.3 Å². The zero-order valence-electron chi connectivity index (χ0n) is 14.8. The SMILES string of the molecule is c1ccc(-c2ccc(-c3ccccc3)c3c2CC2(COCOC2)C3)cc1. The molecule has 1 heterocycles. The zero-order valence-corrected chi connectivity index (χ0v) is 14.8. The Labute approximate surface area is 154 Å². The quantitative estimate of drug-likeness (QED) is 0.644. The highest BCUT2D eigenvalue weighted by atomic mass is 16.7. The lowest BCUT2D eigenvalue weighted by molar-refractivity contribution is -0.161. The fourth-order valence-corrected chi connectivity index (χ4v) is 4.51.